The molecule has 10 nitrogen and oxygen atoms in total. The lowest BCUT2D eigenvalue weighted by atomic mass is 10.1. The van der Waals surface area contributed by atoms with Gasteiger partial charge in [-0.3, -0.25) is 19.0 Å². The Bertz CT molecular complexity index is 1980. The first kappa shape index (κ1) is 25.1. The molecule has 3 heterocycles. The normalized spacial score (nSPS) is 11.3. The number of ether oxygens (including phenoxy) is 5. The highest BCUT2D eigenvalue weighted by atomic mass is 16.5. The van der Waals surface area contributed by atoms with E-state index < -0.39 is 0 Å². The summed E-state index contributed by atoms with van der Waals surface area (Å²) in [6.45, 7) is -0.216. The molecule has 0 aliphatic rings. The van der Waals surface area contributed by atoms with Crippen LogP contribution in [0.4, 0.5) is 5.69 Å². The lowest BCUT2D eigenvalue weighted by molar-refractivity contribution is -0.118. The molecule has 0 bridgehead atoms. The summed E-state index contributed by atoms with van der Waals surface area (Å²) in [6.07, 6.45) is 1.71. The number of hydrogen-bond acceptors (Lipinski definition) is 8. The largest absolute Gasteiger partial charge is 0.493 e. The number of methoxy groups -OCH3 is 4. The van der Waals surface area contributed by atoms with Gasteiger partial charge in [0.25, 0.3) is 11.5 Å². The van der Waals surface area contributed by atoms with Gasteiger partial charge in [0.05, 0.1) is 50.4 Å². The number of rotatable bonds is 8. The minimum atomic E-state index is -0.342. The zero-order valence-corrected chi connectivity index (χ0v) is 22.2. The summed E-state index contributed by atoms with van der Waals surface area (Å²) in [4.78, 5) is 31.1. The summed E-state index contributed by atoms with van der Waals surface area (Å²) < 4.78 is 29.0. The van der Waals surface area contributed by atoms with E-state index in [1.807, 2.05) is 18.2 Å². The Kier molecular flexibility index (Phi) is 6.14. The van der Waals surface area contributed by atoms with Crippen molar-refractivity contribution in [1.82, 2.24) is 9.38 Å². The van der Waals surface area contributed by atoms with E-state index >= 15 is 0 Å². The molecule has 0 radical (unpaired) electrons. The minimum absolute atomic E-state index is 0.216. The van der Waals surface area contributed by atoms with E-state index in [1.54, 1.807) is 54.1 Å². The van der Waals surface area contributed by atoms with Crippen LogP contribution in [0, 0.1) is 0 Å². The minimum Gasteiger partial charge on any atom is -0.493 e. The zero-order valence-electron chi connectivity index (χ0n) is 22.2. The van der Waals surface area contributed by atoms with Crippen molar-refractivity contribution in [2.45, 2.75) is 0 Å². The van der Waals surface area contributed by atoms with Gasteiger partial charge in [-0.2, -0.15) is 0 Å². The molecule has 1 N–H and O–H groups in total. The van der Waals surface area contributed by atoms with Gasteiger partial charge in [-0.05, 0) is 48.5 Å². The van der Waals surface area contributed by atoms with Gasteiger partial charge in [-0.15, -0.1) is 0 Å². The van der Waals surface area contributed by atoms with Crippen molar-refractivity contribution < 1.29 is 28.5 Å². The van der Waals surface area contributed by atoms with Crippen molar-refractivity contribution in [3.63, 3.8) is 0 Å². The Morgan fingerprint density at radius 2 is 1.60 bits per heavy atom. The van der Waals surface area contributed by atoms with E-state index in [4.69, 9.17) is 23.7 Å². The molecule has 0 unspecified atom stereocenters. The molecule has 0 aliphatic heterocycles. The van der Waals surface area contributed by atoms with E-state index in [0.29, 0.717) is 61.8 Å². The maximum atomic E-state index is 13.9. The Morgan fingerprint density at radius 1 is 0.825 bits per heavy atom. The molecule has 6 aromatic rings. The van der Waals surface area contributed by atoms with E-state index in [2.05, 4.69) is 10.3 Å². The predicted octanol–water partition coefficient (Wildman–Crippen LogP) is 4.64. The molecule has 40 heavy (non-hydrogen) atoms. The Morgan fingerprint density at radius 3 is 2.35 bits per heavy atom. The Labute approximate surface area is 227 Å². The van der Waals surface area contributed by atoms with Gasteiger partial charge in [0.15, 0.2) is 29.6 Å². The standard InChI is InChI=1S/C30H25N3O7/c1-36-22-9-5-16(13-24(22)38-3)32-25(34)15-40-17-6-8-21-20(14-17)18-11-12-31-27-19-7-10-23(37-2)29(39-4)26(19)30(35)33(21)28(18)27/h5-14H,15H2,1-4H3,(H,32,34). The van der Waals surface area contributed by atoms with Gasteiger partial charge in [0, 0.05) is 34.1 Å². The van der Waals surface area contributed by atoms with Crippen molar-refractivity contribution in [1.29, 1.82) is 0 Å². The highest BCUT2D eigenvalue weighted by molar-refractivity contribution is 6.19. The number of nitrogens with one attached hydrogen (secondary N) is 1. The molecule has 0 saturated heterocycles. The van der Waals surface area contributed by atoms with Crippen molar-refractivity contribution in [3.8, 4) is 28.7 Å². The third-order valence-electron chi connectivity index (χ3n) is 6.90. The summed E-state index contributed by atoms with van der Waals surface area (Å²) in [7, 11) is 6.11. The van der Waals surface area contributed by atoms with Gasteiger partial charge in [-0.25, -0.2) is 0 Å². The summed E-state index contributed by atoms with van der Waals surface area (Å²) in [5, 5.41) is 5.49. The maximum absolute atomic E-state index is 13.9. The van der Waals surface area contributed by atoms with Crippen LogP contribution in [0.1, 0.15) is 0 Å². The number of nitrogens with zero attached hydrogens (tertiary/aromatic N) is 2. The molecule has 0 spiro atoms. The second-order valence-electron chi connectivity index (χ2n) is 9.01. The first-order chi connectivity index (χ1) is 19.5. The molecule has 0 atom stereocenters. The smallest absolute Gasteiger partial charge is 0.267 e. The lowest BCUT2D eigenvalue weighted by Gasteiger charge is -2.12. The van der Waals surface area contributed by atoms with Gasteiger partial charge in [0.2, 0.25) is 0 Å². The predicted molar refractivity (Wildman–Crippen MR) is 152 cm³/mol. The first-order valence-electron chi connectivity index (χ1n) is 12.4. The Balaban J connectivity index is 1.38. The fourth-order valence-electron chi connectivity index (χ4n) is 5.15. The van der Waals surface area contributed by atoms with Crippen LogP contribution in [0.25, 0.3) is 38.1 Å². The highest BCUT2D eigenvalue weighted by Crippen LogP contribution is 2.39. The fourth-order valence-corrected chi connectivity index (χ4v) is 5.15. The van der Waals surface area contributed by atoms with Crippen LogP contribution < -0.4 is 34.6 Å². The van der Waals surface area contributed by atoms with E-state index in [-0.39, 0.29) is 18.1 Å². The number of fused-ring (bicyclic) bond motifs is 5. The van der Waals surface area contributed by atoms with E-state index in [9.17, 15) is 9.59 Å². The first-order valence-corrected chi connectivity index (χ1v) is 12.4. The van der Waals surface area contributed by atoms with Gasteiger partial charge in [-0.1, -0.05) is 0 Å². The summed E-state index contributed by atoms with van der Waals surface area (Å²) in [6, 6.07) is 15.9. The average molecular weight is 540 g/mol. The quantitative estimate of drug-likeness (QED) is 0.279. The van der Waals surface area contributed by atoms with Gasteiger partial charge >= 0.3 is 0 Å². The number of amides is 1. The van der Waals surface area contributed by atoms with Crippen molar-refractivity contribution in [2.75, 3.05) is 40.4 Å². The molecule has 202 valence electrons. The van der Waals surface area contributed by atoms with Crippen LogP contribution in [0.5, 0.6) is 28.7 Å². The van der Waals surface area contributed by atoms with Crippen LogP contribution in [-0.4, -0.2) is 50.3 Å². The lowest BCUT2D eigenvalue weighted by Crippen LogP contribution is -2.20. The second kappa shape index (κ2) is 9.81. The zero-order chi connectivity index (χ0) is 28.0. The molecule has 0 saturated carbocycles. The van der Waals surface area contributed by atoms with Crippen molar-refractivity contribution in [3.05, 3.63) is 71.1 Å². The van der Waals surface area contributed by atoms with Crippen molar-refractivity contribution >= 4 is 49.7 Å². The summed E-state index contributed by atoms with van der Waals surface area (Å²) in [5.41, 5.74) is 2.36. The van der Waals surface area contributed by atoms with E-state index in [1.165, 1.54) is 21.3 Å². The SMILES string of the molecule is COc1ccc(NC(=O)COc2ccc3c(c2)c2ccnc4c5ccc(OC)c(OC)c5c(=O)n3c24)cc1OC. The highest BCUT2D eigenvalue weighted by Gasteiger charge is 2.22. The van der Waals surface area contributed by atoms with Crippen molar-refractivity contribution in [2.24, 2.45) is 0 Å². The molecule has 3 aromatic heterocycles. The monoisotopic (exact) mass is 539 g/mol. The molecule has 6 rings (SSSR count). The van der Waals surface area contributed by atoms with Gasteiger partial charge < -0.3 is 29.0 Å². The average Bonchev–Trinajstić information content (AvgIpc) is 3.32. The number of hydrogen-bond donors (Lipinski definition) is 1. The van der Waals surface area contributed by atoms with Crippen LogP contribution in [-0.2, 0) is 4.79 Å². The second-order valence-corrected chi connectivity index (χ2v) is 9.01. The van der Waals surface area contributed by atoms with Crippen LogP contribution in [0.15, 0.2) is 65.6 Å². The number of aromatic nitrogens is 2. The molecule has 0 fully saturated rings. The third-order valence-corrected chi connectivity index (χ3v) is 6.90. The molecular formula is C30H25N3O7. The van der Waals surface area contributed by atoms with Crippen LogP contribution in [0.2, 0.25) is 0 Å². The molecular weight excluding hydrogens is 514 g/mol. The summed E-state index contributed by atoms with van der Waals surface area (Å²) in [5.74, 6) is 2.02. The molecule has 10 heteroatoms. The molecule has 1 amide bonds. The van der Waals surface area contributed by atoms with Crippen LogP contribution in [0.3, 0.4) is 0 Å². The van der Waals surface area contributed by atoms with Gasteiger partial charge in [0.1, 0.15) is 5.75 Å². The van der Waals surface area contributed by atoms with E-state index in [0.717, 1.165) is 10.8 Å². The summed E-state index contributed by atoms with van der Waals surface area (Å²) >= 11 is 0. The number of pyridine rings is 2. The molecule has 0 aliphatic carbocycles. The number of carbonyl (C=O) groups is 1. The number of carbonyl (C=O) groups excluding carboxylic acids is 1. The molecule has 3 aromatic carbocycles. The Hall–Kier alpha value is -5.25. The number of benzene rings is 3. The number of anilines is 1. The third kappa shape index (κ3) is 3.84. The fraction of sp³-hybridized carbons (Fsp3) is 0.167. The maximum Gasteiger partial charge on any atom is 0.267 e. The topological polar surface area (TPSA) is 110 Å². The van der Waals surface area contributed by atoms with Crippen LogP contribution >= 0.6 is 0 Å².